The van der Waals surface area contributed by atoms with Crippen molar-refractivity contribution >= 4 is 32.6 Å². The van der Waals surface area contributed by atoms with E-state index < -0.39 is 0 Å². The van der Waals surface area contributed by atoms with Crippen LogP contribution in [0.4, 0.5) is 5.13 Å². The quantitative estimate of drug-likeness (QED) is 0.471. The molecular weight excluding hydrogens is 386 g/mol. The SMILES string of the molecule is COc1ccc(OC)c2sc(N(Cc3cccnc3)C(=O)c3ccccc3)nc12. The zero-order valence-corrected chi connectivity index (χ0v) is 16.8. The predicted molar refractivity (Wildman–Crippen MR) is 114 cm³/mol. The summed E-state index contributed by atoms with van der Waals surface area (Å²) in [5, 5.41) is 0.570. The molecule has 2 aromatic heterocycles. The monoisotopic (exact) mass is 405 g/mol. The minimum Gasteiger partial charge on any atom is -0.495 e. The summed E-state index contributed by atoms with van der Waals surface area (Å²) in [5.41, 5.74) is 2.17. The van der Waals surface area contributed by atoms with Gasteiger partial charge in [0.1, 0.15) is 21.7 Å². The van der Waals surface area contributed by atoms with Crippen LogP contribution in [0.2, 0.25) is 0 Å². The van der Waals surface area contributed by atoms with E-state index in [4.69, 9.17) is 14.5 Å². The summed E-state index contributed by atoms with van der Waals surface area (Å²) in [4.78, 5) is 23.9. The van der Waals surface area contributed by atoms with Gasteiger partial charge in [0.05, 0.1) is 20.8 Å². The molecule has 146 valence electrons. The topological polar surface area (TPSA) is 64.6 Å². The maximum Gasteiger partial charge on any atom is 0.260 e. The summed E-state index contributed by atoms with van der Waals surface area (Å²) in [6.07, 6.45) is 3.46. The number of methoxy groups -OCH3 is 2. The third kappa shape index (κ3) is 3.77. The van der Waals surface area contributed by atoms with Crippen LogP contribution in [0.3, 0.4) is 0 Å². The lowest BCUT2D eigenvalue weighted by atomic mass is 10.2. The fraction of sp³-hybridized carbons (Fsp3) is 0.136. The summed E-state index contributed by atoms with van der Waals surface area (Å²) in [6.45, 7) is 0.353. The van der Waals surface area contributed by atoms with Gasteiger partial charge in [-0.1, -0.05) is 35.6 Å². The van der Waals surface area contributed by atoms with Crippen molar-refractivity contribution in [2.45, 2.75) is 6.54 Å². The van der Waals surface area contributed by atoms with Crippen LogP contribution >= 0.6 is 11.3 Å². The molecule has 0 aliphatic heterocycles. The molecule has 0 fully saturated rings. The number of ether oxygens (including phenoxy) is 2. The molecule has 0 aliphatic carbocycles. The van der Waals surface area contributed by atoms with Crippen molar-refractivity contribution in [3.05, 3.63) is 78.1 Å². The van der Waals surface area contributed by atoms with E-state index in [1.165, 1.54) is 11.3 Å². The molecule has 7 heteroatoms. The number of carbonyl (C=O) groups is 1. The van der Waals surface area contributed by atoms with E-state index >= 15 is 0 Å². The van der Waals surface area contributed by atoms with Crippen LogP contribution in [0, 0.1) is 0 Å². The number of nitrogens with zero attached hydrogens (tertiary/aromatic N) is 3. The Morgan fingerprint density at radius 1 is 1.00 bits per heavy atom. The van der Waals surface area contributed by atoms with Gasteiger partial charge in [-0.25, -0.2) is 4.98 Å². The molecule has 29 heavy (non-hydrogen) atoms. The molecule has 0 spiro atoms. The number of anilines is 1. The lowest BCUT2D eigenvalue weighted by Gasteiger charge is -2.20. The predicted octanol–water partition coefficient (Wildman–Crippen LogP) is 4.56. The Morgan fingerprint density at radius 2 is 1.76 bits per heavy atom. The zero-order chi connectivity index (χ0) is 20.2. The number of benzene rings is 2. The third-order valence-corrected chi connectivity index (χ3v) is 5.55. The molecule has 0 bridgehead atoms. The van der Waals surface area contributed by atoms with Crippen LogP contribution in [0.15, 0.2) is 67.0 Å². The number of pyridine rings is 1. The van der Waals surface area contributed by atoms with Gasteiger partial charge >= 0.3 is 0 Å². The molecule has 0 N–H and O–H groups in total. The molecular formula is C22H19N3O3S. The van der Waals surface area contributed by atoms with Gasteiger partial charge in [-0.3, -0.25) is 14.7 Å². The van der Waals surface area contributed by atoms with Gasteiger partial charge in [-0.15, -0.1) is 0 Å². The Bertz CT molecular complexity index is 1090. The second kappa shape index (κ2) is 8.28. The van der Waals surface area contributed by atoms with Gasteiger partial charge < -0.3 is 9.47 Å². The summed E-state index contributed by atoms with van der Waals surface area (Å²) < 4.78 is 11.8. The van der Waals surface area contributed by atoms with Crippen LogP contribution in [-0.2, 0) is 6.54 Å². The van der Waals surface area contributed by atoms with Crippen LogP contribution in [0.25, 0.3) is 10.2 Å². The molecule has 0 saturated carbocycles. The molecule has 1 amide bonds. The summed E-state index contributed by atoms with van der Waals surface area (Å²) >= 11 is 1.40. The van der Waals surface area contributed by atoms with Gasteiger partial charge in [0.25, 0.3) is 5.91 Å². The minimum atomic E-state index is -0.133. The lowest BCUT2D eigenvalue weighted by Crippen LogP contribution is -2.30. The second-order valence-corrected chi connectivity index (χ2v) is 7.24. The van der Waals surface area contributed by atoms with Gasteiger partial charge in [0.15, 0.2) is 5.13 Å². The van der Waals surface area contributed by atoms with Crippen LogP contribution in [0.5, 0.6) is 11.5 Å². The fourth-order valence-electron chi connectivity index (χ4n) is 3.03. The average Bonchev–Trinajstić information content (AvgIpc) is 3.23. The van der Waals surface area contributed by atoms with Crippen LogP contribution in [-0.4, -0.2) is 30.1 Å². The molecule has 4 aromatic rings. The fourth-order valence-corrected chi connectivity index (χ4v) is 4.10. The minimum absolute atomic E-state index is 0.133. The van der Waals surface area contributed by atoms with Crippen molar-refractivity contribution in [1.82, 2.24) is 9.97 Å². The average molecular weight is 405 g/mol. The molecule has 4 rings (SSSR count). The molecule has 2 aromatic carbocycles. The van der Waals surface area contributed by atoms with Crippen molar-refractivity contribution in [2.75, 3.05) is 19.1 Å². The highest BCUT2D eigenvalue weighted by Crippen LogP contribution is 2.40. The van der Waals surface area contributed by atoms with E-state index in [-0.39, 0.29) is 5.91 Å². The van der Waals surface area contributed by atoms with Crippen molar-refractivity contribution in [1.29, 1.82) is 0 Å². The smallest absolute Gasteiger partial charge is 0.260 e. The number of hydrogen-bond acceptors (Lipinski definition) is 6. The molecule has 0 radical (unpaired) electrons. The van der Waals surface area contributed by atoms with Gasteiger partial charge in [0, 0.05) is 18.0 Å². The van der Waals surface area contributed by atoms with Crippen molar-refractivity contribution < 1.29 is 14.3 Å². The highest BCUT2D eigenvalue weighted by molar-refractivity contribution is 7.22. The number of carbonyl (C=O) groups excluding carboxylic acids is 1. The zero-order valence-electron chi connectivity index (χ0n) is 16.0. The summed E-state index contributed by atoms with van der Waals surface area (Å²) in [7, 11) is 3.21. The molecule has 0 saturated heterocycles. The Hall–Kier alpha value is -3.45. The van der Waals surface area contributed by atoms with Crippen molar-refractivity contribution in [3.63, 3.8) is 0 Å². The normalized spacial score (nSPS) is 10.7. The highest BCUT2D eigenvalue weighted by Gasteiger charge is 2.24. The Morgan fingerprint density at radius 3 is 2.45 bits per heavy atom. The number of thiazole rings is 1. The molecule has 2 heterocycles. The number of amides is 1. The largest absolute Gasteiger partial charge is 0.495 e. The first-order valence-electron chi connectivity index (χ1n) is 8.98. The van der Waals surface area contributed by atoms with Crippen molar-refractivity contribution in [3.8, 4) is 11.5 Å². The first-order valence-corrected chi connectivity index (χ1v) is 9.80. The van der Waals surface area contributed by atoms with E-state index in [1.54, 1.807) is 43.6 Å². The van der Waals surface area contributed by atoms with Gasteiger partial charge in [-0.2, -0.15) is 0 Å². The molecule has 0 unspecified atom stereocenters. The van der Waals surface area contributed by atoms with E-state index in [1.807, 2.05) is 42.5 Å². The molecule has 0 aliphatic rings. The maximum absolute atomic E-state index is 13.3. The summed E-state index contributed by atoms with van der Waals surface area (Å²) in [6, 6.07) is 16.6. The van der Waals surface area contributed by atoms with Gasteiger partial charge in [0.2, 0.25) is 0 Å². The molecule has 6 nitrogen and oxygen atoms in total. The lowest BCUT2D eigenvalue weighted by molar-refractivity contribution is 0.0985. The van der Waals surface area contributed by atoms with Crippen molar-refractivity contribution in [2.24, 2.45) is 0 Å². The number of rotatable bonds is 6. The standard InChI is InChI=1S/C22H19N3O3S/c1-27-17-10-11-18(28-2)20-19(17)24-22(29-20)25(14-15-7-6-12-23-13-15)21(26)16-8-4-3-5-9-16/h3-13H,14H2,1-2H3. The second-order valence-electron chi connectivity index (χ2n) is 6.26. The summed E-state index contributed by atoms with van der Waals surface area (Å²) in [5.74, 6) is 1.20. The first-order chi connectivity index (χ1) is 14.2. The number of hydrogen-bond donors (Lipinski definition) is 0. The highest BCUT2D eigenvalue weighted by atomic mass is 32.1. The van der Waals surface area contributed by atoms with E-state index in [0.717, 1.165) is 10.3 Å². The number of aromatic nitrogens is 2. The van der Waals surface area contributed by atoms with Crippen LogP contribution in [0.1, 0.15) is 15.9 Å². The maximum atomic E-state index is 13.3. The van der Waals surface area contributed by atoms with E-state index in [2.05, 4.69) is 4.98 Å². The van der Waals surface area contributed by atoms with Crippen LogP contribution < -0.4 is 14.4 Å². The Kier molecular flexibility index (Phi) is 5.39. The first kappa shape index (κ1) is 18.9. The Balaban J connectivity index is 1.83. The Labute approximate surface area is 172 Å². The van der Waals surface area contributed by atoms with E-state index in [0.29, 0.717) is 34.3 Å². The van der Waals surface area contributed by atoms with E-state index in [9.17, 15) is 4.79 Å². The third-order valence-electron chi connectivity index (χ3n) is 4.46. The number of fused-ring (bicyclic) bond motifs is 1. The molecule has 0 atom stereocenters. The van der Waals surface area contributed by atoms with Gasteiger partial charge in [-0.05, 0) is 35.9 Å².